The molecule has 4 heteroatoms. The summed E-state index contributed by atoms with van der Waals surface area (Å²) in [6.45, 7) is 6.15. The zero-order valence-corrected chi connectivity index (χ0v) is 12.3. The second-order valence-electron chi connectivity index (χ2n) is 5.27. The molecule has 1 aromatic carbocycles. The van der Waals surface area contributed by atoms with Gasteiger partial charge in [-0.2, -0.15) is 0 Å². The van der Waals surface area contributed by atoms with Gasteiger partial charge in [-0.3, -0.25) is 4.79 Å². The molecule has 0 aliphatic rings. The Kier molecular flexibility index (Phi) is 7.23. The van der Waals surface area contributed by atoms with Crippen LogP contribution in [0.15, 0.2) is 24.3 Å². The Labute approximate surface area is 120 Å². The third kappa shape index (κ3) is 6.15. The highest BCUT2D eigenvalue weighted by Crippen LogP contribution is 2.07. The molecular weight excluding hydrogens is 257 g/mol. The fourth-order valence-electron chi connectivity index (χ4n) is 2.08. The highest BCUT2D eigenvalue weighted by atomic mass is 19.1. The summed E-state index contributed by atoms with van der Waals surface area (Å²) >= 11 is 0. The van der Waals surface area contributed by atoms with E-state index in [1.807, 2.05) is 0 Å². The molecule has 0 aliphatic heterocycles. The molecule has 1 unspecified atom stereocenters. The third-order valence-corrected chi connectivity index (χ3v) is 3.41. The number of rotatable bonds is 9. The number of aliphatic carboxylic acids is 1. The van der Waals surface area contributed by atoms with Crippen LogP contribution in [0.1, 0.15) is 32.3 Å². The number of carboxylic acids is 1. The topological polar surface area (TPSA) is 40.5 Å². The van der Waals surface area contributed by atoms with E-state index in [9.17, 15) is 9.18 Å². The van der Waals surface area contributed by atoms with Gasteiger partial charge in [0.05, 0.1) is 5.92 Å². The second-order valence-corrected chi connectivity index (χ2v) is 5.27. The molecule has 0 saturated carbocycles. The summed E-state index contributed by atoms with van der Waals surface area (Å²) < 4.78 is 12.8. The summed E-state index contributed by atoms with van der Waals surface area (Å²) in [4.78, 5) is 13.1. The highest BCUT2D eigenvalue weighted by molar-refractivity contribution is 5.69. The summed E-state index contributed by atoms with van der Waals surface area (Å²) in [7, 11) is 0. The Morgan fingerprint density at radius 3 is 2.50 bits per heavy atom. The maximum atomic E-state index is 12.8. The molecule has 1 aromatic rings. The van der Waals surface area contributed by atoms with Crippen LogP contribution in [0.2, 0.25) is 0 Å². The van der Waals surface area contributed by atoms with Gasteiger partial charge in [0.1, 0.15) is 5.82 Å². The van der Waals surface area contributed by atoms with Gasteiger partial charge in [-0.05, 0) is 37.1 Å². The van der Waals surface area contributed by atoms with E-state index >= 15 is 0 Å². The summed E-state index contributed by atoms with van der Waals surface area (Å²) in [6, 6.07) is 6.50. The molecule has 0 aliphatic carbocycles. The number of hydrogen-bond donors (Lipinski definition) is 1. The number of carbonyl (C=O) groups is 1. The lowest BCUT2D eigenvalue weighted by Crippen LogP contribution is -2.34. The Bertz CT molecular complexity index is 405. The molecule has 0 radical (unpaired) electrons. The van der Waals surface area contributed by atoms with Crippen molar-refractivity contribution < 1.29 is 14.3 Å². The number of nitrogens with zero attached hydrogens (tertiary/aromatic N) is 1. The lowest BCUT2D eigenvalue weighted by molar-refractivity contribution is -0.141. The maximum Gasteiger partial charge on any atom is 0.307 e. The molecular formula is C16H24FNO2. The number of carboxylic acid groups (broad SMARTS) is 1. The van der Waals surface area contributed by atoms with Crippen LogP contribution in [-0.2, 0) is 11.2 Å². The van der Waals surface area contributed by atoms with Gasteiger partial charge >= 0.3 is 5.97 Å². The van der Waals surface area contributed by atoms with Gasteiger partial charge in [0.25, 0.3) is 0 Å². The van der Waals surface area contributed by atoms with E-state index in [1.165, 1.54) is 12.1 Å². The number of benzene rings is 1. The lowest BCUT2D eigenvalue weighted by Gasteiger charge is -2.24. The van der Waals surface area contributed by atoms with Crippen molar-refractivity contribution in [2.75, 3.05) is 19.6 Å². The largest absolute Gasteiger partial charge is 0.481 e. The predicted octanol–water partition coefficient (Wildman–Crippen LogP) is 3.19. The van der Waals surface area contributed by atoms with Crippen molar-refractivity contribution in [2.45, 2.75) is 33.1 Å². The fourth-order valence-corrected chi connectivity index (χ4v) is 2.08. The first kappa shape index (κ1) is 16.6. The van der Waals surface area contributed by atoms with Gasteiger partial charge < -0.3 is 10.0 Å². The van der Waals surface area contributed by atoms with Crippen molar-refractivity contribution in [3.63, 3.8) is 0 Å². The molecule has 0 saturated heterocycles. The number of halogens is 1. The molecule has 3 nitrogen and oxygen atoms in total. The molecule has 20 heavy (non-hydrogen) atoms. The first-order valence-electron chi connectivity index (χ1n) is 7.22. The van der Waals surface area contributed by atoms with E-state index < -0.39 is 5.97 Å². The van der Waals surface area contributed by atoms with Crippen molar-refractivity contribution in [3.8, 4) is 0 Å². The van der Waals surface area contributed by atoms with Crippen LogP contribution in [0.3, 0.4) is 0 Å². The van der Waals surface area contributed by atoms with E-state index in [0.29, 0.717) is 6.54 Å². The van der Waals surface area contributed by atoms with Crippen LogP contribution in [0.5, 0.6) is 0 Å². The zero-order valence-electron chi connectivity index (χ0n) is 12.3. The first-order chi connectivity index (χ1) is 9.52. The standard InChI is InChI=1S/C16H24FNO2/c1-3-4-10-18(12-13(2)16(19)20)11-9-14-5-7-15(17)8-6-14/h5-8,13H,3-4,9-12H2,1-2H3,(H,19,20). The molecule has 0 heterocycles. The van der Waals surface area contributed by atoms with Gasteiger partial charge in [0, 0.05) is 13.1 Å². The quantitative estimate of drug-likeness (QED) is 0.755. The molecule has 1 rings (SSSR count). The lowest BCUT2D eigenvalue weighted by atomic mass is 10.1. The van der Waals surface area contributed by atoms with Crippen LogP contribution >= 0.6 is 0 Å². The van der Waals surface area contributed by atoms with E-state index in [1.54, 1.807) is 19.1 Å². The summed E-state index contributed by atoms with van der Waals surface area (Å²) in [5.41, 5.74) is 1.08. The number of unbranched alkanes of at least 4 members (excludes halogenated alkanes) is 1. The van der Waals surface area contributed by atoms with Gasteiger partial charge in [-0.1, -0.05) is 32.4 Å². The fraction of sp³-hybridized carbons (Fsp3) is 0.562. The van der Waals surface area contributed by atoms with Crippen LogP contribution in [-0.4, -0.2) is 35.6 Å². The molecule has 1 atom stereocenters. The molecule has 0 spiro atoms. The Morgan fingerprint density at radius 1 is 1.30 bits per heavy atom. The minimum Gasteiger partial charge on any atom is -0.481 e. The average Bonchev–Trinajstić information content (AvgIpc) is 2.43. The summed E-state index contributed by atoms with van der Waals surface area (Å²) in [5, 5.41) is 9.00. The zero-order chi connectivity index (χ0) is 15.0. The highest BCUT2D eigenvalue weighted by Gasteiger charge is 2.15. The summed E-state index contributed by atoms with van der Waals surface area (Å²) in [5.74, 6) is -1.34. The normalized spacial score (nSPS) is 12.6. The maximum absolute atomic E-state index is 12.8. The first-order valence-corrected chi connectivity index (χ1v) is 7.22. The Balaban J connectivity index is 2.50. The van der Waals surface area contributed by atoms with Gasteiger partial charge in [0.2, 0.25) is 0 Å². The minimum absolute atomic E-state index is 0.226. The van der Waals surface area contributed by atoms with E-state index in [2.05, 4.69) is 11.8 Å². The Hall–Kier alpha value is -1.42. The molecule has 0 fully saturated rings. The van der Waals surface area contributed by atoms with Crippen molar-refractivity contribution in [3.05, 3.63) is 35.6 Å². The van der Waals surface area contributed by atoms with Gasteiger partial charge in [-0.25, -0.2) is 4.39 Å². The predicted molar refractivity (Wildman–Crippen MR) is 78.3 cm³/mol. The third-order valence-electron chi connectivity index (χ3n) is 3.41. The summed E-state index contributed by atoms with van der Waals surface area (Å²) in [6.07, 6.45) is 2.97. The molecule has 112 valence electrons. The van der Waals surface area contributed by atoms with Crippen molar-refractivity contribution in [1.29, 1.82) is 0 Å². The minimum atomic E-state index is -0.756. The smallest absolute Gasteiger partial charge is 0.307 e. The van der Waals surface area contributed by atoms with Crippen LogP contribution < -0.4 is 0 Å². The molecule has 0 bridgehead atoms. The average molecular weight is 281 g/mol. The van der Waals surface area contributed by atoms with E-state index in [0.717, 1.165) is 37.9 Å². The van der Waals surface area contributed by atoms with E-state index in [-0.39, 0.29) is 11.7 Å². The van der Waals surface area contributed by atoms with Crippen molar-refractivity contribution >= 4 is 5.97 Å². The van der Waals surface area contributed by atoms with Crippen molar-refractivity contribution in [1.82, 2.24) is 4.90 Å². The van der Waals surface area contributed by atoms with E-state index in [4.69, 9.17) is 5.11 Å². The monoisotopic (exact) mass is 281 g/mol. The van der Waals surface area contributed by atoms with Gasteiger partial charge in [0.15, 0.2) is 0 Å². The second kappa shape index (κ2) is 8.69. The van der Waals surface area contributed by atoms with Gasteiger partial charge in [-0.15, -0.1) is 0 Å². The molecule has 1 N–H and O–H groups in total. The van der Waals surface area contributed by atoms with Crippen LogP contribution in [0.4, 0.5) is 4.39 Å². The molecule has 0 amide bonds. The number of hydrogen-bond acceptors (Lipinski definition) is 2. The SMILES string of the molecule is CCCCN(CCc1ccc(F)cc1)CC(C)C(=O)O. The van der Waals surface area contributed by atoms with Crippen LogP contribution in [0, 0.1) is 11.7 Å². The molecule has 0 aromatic heterocycles. The Morgan fingerprint density at radius 2 is 1.95 bits per heavy atom. The van der Waals surface area contributed by atoms with Crippen molar-refractivity contribution in [2.24, 2.45) is 5.92 Å². The van der Waals surface area contributed by atoms with Crippen LogP contribution in [0.25, 0.3) is 0 Å².